The van der Waals surface area contributed by atoms with E-state index in [9.17, 15) is 4.79 Å². The lowest BCUT2D eigenvalue weighted by atomic mass is 10.2. The maximum atomic E-state index is 11.0. The second kappa shape index (κ2) is 5.32. The Hall–Kier alpha value is -2.01. The van der Waals surface area contributed by atoms with Gasteiger partial charge in [-0.1, -0.05) is 11.6 Å². The van der Waals surface area contributed by atoms with Gasteiger partial charge >= 0.3 is 5.97 Å². The lowest BCUT2D eigenvalue weighted by molar-refractivity contribution is 0.0693. The zero-order valence-corrected chi connectivity index (χ0v) is 11.3. The number of carboxylic acids is 1. The third-order valence-corrected chi connectivity index (χ3v) is 3.22. The topological polar surface area (TPSA) is 64.3 Å². The fraction of sp³-hybridized carbons (Fsp3) is 0.231. The molecule has 0 unspecified atom stereocenters. The van der Waals surface area contributed by atoms with Crippen molar-refractivity contribution in [3.8, 4) is 5.75 Å². The lowest BCUT2D eigenvalue weighted by Gasteiger charge is -2.09. The Bertz CT molecular complexity index is 622. The molecule has 19 heavy (non-hydrogen) atoms. The molecule has 0 saturated heterocycles. The predicted octanol–water partition coefficient (Wildman–Crippen LogP) is 2.66. The number of benzene rings is 1. The summed E-state index contributed by atoms with van der Waals surface area (Å²) in [7, 11) is 1.68. The molecule has 1 heterocycles. The molecule has 100 valence electrons. The van der Waals surface area contributed by atoms with Gasteiger partial charge in [0.2, 0.25) is 0 Å². The summed E-state index contributed by atoms with van der Waals surface area (Å²) in [4.78, 5) is 11.0. The Morgan fingerprint density at radius 2 is 2.26 bits per heavy atom. The molecule has 0 saturated carbocycles. The van der Waals surface area contributed by atoms with Gasteiger partial charge in [-0.15, -0.1) is 0 Å². The van der Waals surface area contributed by atoms with E-state index >= 15 is 0 Å². The number of nitrogens with zero attached hydrogens (tertiary/aromatic N) is 2. The first kappa shape index (κ1) is 13.4. The van der Waals surface area contributed by atoms with E-state index in [2.05, 4.69) is 5.10 Å². The molecule has 0 aliphatic heterocycles. The van der Waals surface area contributed by atoms with E-state index < -0.39 is 5.97 Å². The molecule has 0 atom stereocenters. The minimum atomic E-state index is -1.01. The number of carboxylic acid groups (broad SMARTS) is 1. The van der Waals surface area contributed by atoms with Crippen LogP contribution in [0, 0.1) is 6.92 Å². The number of halogens is 1. The van der Waals surface area contributed by atoms with Crippen molar-refractivity contribution in [1.29, 1.82) is 0 Å². The minimum Gasteiger partial charge on any atom is -0.487 e. The van der Waals surface area contributed by atoms with Crippen molar-refractivity contribution in [3.05, 3.63) is 46.2 Å². The Kier molecular flexibility index (Phi) is 3.76. The van der Waals surface area contributed by atoms with Crippen molar-refractivity contribution >= 4 is 17.6 Å². The van der Waals surface area contributed by atoms with Crippen LogP contribution in [0.4, 0.5) is 0 Å². The van der Waals surface area contributed by atoms with Gasteiger partial charge < -0.3 is 9.84 Å². The van der Waals surface area contributed by atoms with Gasteiger partial charge in [-0.05, 0) is 30.7 Å². The molecule has 1 aromatic heterocycles. The van der Waals surface area contributed by atoms with Crippen molar-refractivity contribution in [2.45, 2.75) is 13.5 Å². The molecule has 0 fully saturated rings. The summed E-state index contributed by atoms with van der Waals surface area (Å²) in [5, 5.41) is 13.6. The molecule has 1 N–H and O–H groups in total. The summed E-state index contributed by atoms with van der Waals surface area (Å²) in [5.41, 5.74) is 1.57. The number of hydrogen-bond acceptors (Lipinski definition) is 3. The summed E-state index contributed by atoms with van der Waals surface area (Å²) in [5.74, 6) is -0.376. The van der Waals surface area contributed by atoms with Gasteiger partial charge in [0.15, 0.2) is 0 Å². The average Bonchev–Trinajstić information content (AvgIpc) is 2.72. The highest BCUT2D eigenvalue weighted by Gasteiger charge is 2.15. The van der Waals surface area contributed by atoms with Crippen molar-refractivity contribution in [2.75, 3.05) is 0 Å². The van der Waals surface area contributed by atoms with Gasteiger partial charge in [0, 0.05) is 12.1 Å². The third-order valence-electron chi connectivity index (χ3n) is 2.80. The quantitative estimate of drug-likeness (QED) is 0.935. The molecular formula is C13H13ClN2O3. The average molecular weight is 281 g/mol. The highest BCUT2D eigenvalue weighted by Crippen LogP contribution is 2.22. The first-order chi connectivity index (χ1) is 8.99. The first-order valence-corrected chi connectivity index (χ1v) is 6.00. The summed E-state index contributed by atoms with van der Waals surface area (Å²) in [6.07, 6.45) is 1.31. The molecule has 0 amide bonds. The van der Waals surface area contributed by atoms with Crippen LogP contribution in [0.2, 0.25) is 5.02 Å². The van der Waals surface area contributed by atoms with Crippen molar-refractivity contribution in [1.82, 2.24) is 9.78 Å². The zero-order valence-electron chi connectivity index (χ0n) is 10.6. The zero-order chi connectivity index (χ0) is 14.0. The highest BCUT2D eigenvalue weighted by atomic mass is 35.5. The molecule has 0 aliphatic rings. The molecule has 6 heteroatoms. The SMILES string of the molecule is Cc1cc(OCc2c(C(=O)O)cnn2C)ccc1Cl. The predicted molar refractivity (Wildman–Crippen MR) is 70.7 cm³/mol. The van der Waals surface area contributed by atoms with Crippen LogP contribution in [0.15, 0.2) is 24.4 Å². The largest absolute Gasteiger partial charge is 0.487 e. The van der Waals surface area contributed by atoms with Gasteiger partial charge in [0.25, 0.3) is 0 Å². The number of aromatic nitrogens is 2. The Balaban J connectivity index is 2.16. The number of aryl methyl sites for hydroxylation is 2. The monoisotopic (exact) mass is 280 g/mol. The number of rotatable bonds is 4. The maximum absolute atomic E-state index is 11.0. The van der Waals surface area contributed by atoms with Crippen LogP contribution in [-0.2, 0) is 13.7 Å². The summed E-state index contributed by atoms with van der Waals surface area (Å²) in [6.45, 7) is 2.02. The van der Waals surface area contributed by atoms with Crippen molar-refractivity contribution in [2.24, 2.45) is 7.05 Å². The van der Waals surface area contributed by atoms with E-state index in [-0.39, 0.29) is 12.2 Å². The molecule has 1 aromatic carbocycles. The van der Waals surface area contributed by atoms with Gasteiger partial charge in [-0.25, -0.2) is 4.79 Å². The maximum Gasteiger partial charge on any atom is 0.339 e. The summed E-state index contributed by atoms with van der Waals surface area (Å²) >= 11 is 5.92. The van der Waals surface area contributed by atoms with Gasteiger partial charge in [0.1, 0.15) is 17.9 Å². The normalized spacial score (nSPS) is 10.5. The number of hydrogen-bond donors (Lipinski definition) is 1. The fourth-order valence-corrected chi connectivity index (χ4v) is 1.79. The van der Waals surface area contributed by atoms with Crippen LogP contribution in [0.25, 0.3) is 0 Å². The van der Waals surface area contributed by atoms with Crippen LogP contribution in [0.3, 0.4) is 0 Å². The Morgan fingerprint density at radius 1 is 1.53 bits per heavy atom. The fourth-order valence-electron chi connectivity index (χ4n) is 1.67. The molecule has 0 radical (unpaired) electrons. The molecule has 5 nitrogen and oxygen atoms in total. The van der Waals surface area contributed by atoms with E-state index in [4.69, 9.17) is 21.4 Å². The van der Waals surface area contributed by atoms with Crippen LogP contribution in [0.1, 0.15) is 21.6 Å². The molecule has 0 aliphatic carbocycles. The second-order valence-corrected chi connectivity index (χ2v) is 4.54. The van der Waals surface area contributed by atoms with E-state index in [1.807, 2.05) is 6.92 Å². The van der Waals surface area contributed by atoms with Crippen LogP contribution < -0.4 is 4.74 Å². The number of carbonyl (C=O) groups is 1. The second-order valence-electron chi connectivity index (χ2n) is 4.13. The Labute approximate surface area is 115 Å². The molecule has 2 aromatic rings. The van der Waals surface area contributed by atoms with Crippen LogP contribution in [0.5, 0.6) is 5.75 Å². The summed E-state index contributed by atoms with van der Waals surface area (Å²) in [6, 6.07) is 5.29. The smallest absolute Gasteiger partial charge is 0.339 e. The Morgan fingerprint density at radius 3 is 2.89 bits per heavy atom. The highest BCUT2D eigenvalue weighted by molar-refractivity contribution is 6.31. The van der Waals surface area contributed by atoms with Crippen LogP contribution in [-0.4, -0.2) is 20.9 Å². The minimum absolute atomic E-state index is 0.138. The van der Waals surface area contributed by atoms with Gasteiger partial charge in [0.05, 0.1) is 11.9 Å². The molecular weight excluding hydrogens is 268 g/mol. The number of aromatic carboxylic acids is 1. The van der Waals surface area contributed by atoms with E-state index in [1.54, 1.807) is 25.2 Å². The van der Waals surface area contributed by atoms with Gasteiger partial charge in [-0.2, -0.15) is 5.10 Å². The van der Waals surface area contributed by atoms with E-state index in [1.165, 1.54) is 10.9 Å². The van der Waals surface area contributed by atoms with Crippen molar-refractivity contribution in [3.63, 3.8) is 0 Å². The molecule has 0 bridgehead atoms. The molecule has 2 rings (SSSR count). The summed E-state index contributed by atoms with van der Waals surface area (Å²) < 4.78 is 7.07. The molecule has 0 spiro atoms. The first-order valence-electron chi connectivity index (χ1n) is 5.62. The lowest BCUT2D eigenvalue weighted by Crippen LogP contribution is -2.08. The van der Waals surface area contributed by atoms with Gasteiger partial charge in [-0.3, -0.25) is 4.68 Å². The van der Waals surface area contributed by atoms with Crippen LogP contribution >= 0.6 is 11.6 Å². The standard InChI is InChI=1S/C13H13ClN2O3/c1-8-5-9(3-4-11(8)14)19-7-12-10(13(17)18)6-15-16(12)2/h3-6H,7H2,1-2H3,(H,17,18). The van der Waals surface area contributed by atoms with Crippen molar-refractivity contribution < 1.29 is 14.6 Å². The van der Waals surface area contributed by atoms with E-state index in [0.717, 1.165) is 5.56 Å². The number of ether oxygens (including phenoxy) is 1. The third kappa shape index (κ3) is 2.88. The van der Waals surface area contributed by atoms with E-state index in [0.29, 0.717) is 16.5 Å².